The van der Waals surface area contributed by atoms with Crippen LogP contribution in [0.15, 0.2) is 71.2 Å². The fourth-order valence-electron chi connectivity index (χ4n) is 4.23. The smallest absolute Gasteiger partial charge is 0.311 e. The first-order valence-corrected chi connectivity index (χ1v) is 13.6. The van der Waals surface area contributed by atoms with E-state index in [4.69, 9.17) is 9.47 Å². The van der Waals surface area contributed by atoms with Crippen LogP contribution in [0.5, 0.6) is 11.5 Å². The lowest BCUT2D eigenvalue weighted by molar-refractivity contribution is -0.152. The molecule has 0 spiro atoms. The van der Waals surface area contributed by atoms with E-state index in [0.29, 0.717) is 22.9 Å². The molecule has 1 saturated heterocycles. The molecular formula is C30H30BrN3O6. The van der Waals surface area contributed by atoms with Crippen LogP contribution in [0.1, 0.15) is 47.7 Å². The van der Waals surface area contributed by atoms with Gasteiger partial charge in [0, 0.05) is 28.7 Å². The zero-order chi connectivity index (χ0) is 28.8. The Hall–Kier alpha value is -4.18. The summed E-state index contributed by atoms with van der Waals surface area (Å²) < 4.78 is 12.0. The highest BCUT2D eigenvalue weighted by Gasteiger charge is 2.36. The molecule has 1 atom stereocenters. The average Bonchev–Trinajstić information content (AvgIpc) is 3.32. The van der Waals surface area contributed by atoms with Gasteiger partial charge in [0.25, 0.3) is 11.8 Å². The summed E-state index contributed by atoms with van der Waals surface area (Å²) in [6.45, 7) is 5.77. The summed E-state index contributed by atoms with van der Waals surface area (Å²) in [4.78, 5) is 50.8. The number of hydrogen-bond donors (Lipinski definition) is 2. The first-order valence-electron chi connectivity index (χ1n) is 12.8. The van der Waals surface area contributed by atoms with Crippen molar-refractivity contribution in [3.05, 3.63) is 87.9 Å². The molecule has 1 aliphatic rings. The highest BCUT2D eigenvalue weighted by atomic mass is 79.9. The van der Waals surface area contributed by atoms with Crippen LogP contribution in [-0.4, -0.2) is 36.8 Å². The molecule has 3 aromatic carbocycles. The maximum Gasteiger partial charge on any atom is 0.311 e. The zero-order valence-corrected chi connectivity index (χ0v) is 24.0. The van der Waals surface area contributed by atoms with Crippen LogP contribution in [-0.2, 0) is 19.1 Å². The van der Waals surface area contributed by atoms with E-state index in [2.05, 4.69) is 52.8 Å². The highest BCUT2D eigenvalue weighted by molar-refractivity contribution is 9.10. The topological polar surface area (TPSA) is 114 Å². The largest absolute Gasteiger partial charge is 0.457 e. The Bertz CT molecular complexity index is 1410. The van der Waals surface area contributed by atoms with Crippen LogP contribution in [0.4, 0.5) is 5.69 Å². The quantitative estimate of drug-likeness (QED) is 0.274. The van der Waals surface area contributed by atoms with Crippen molar-refractivity contribution in [1.29, 1.82) is 0 Å². The summed E-state index contributed by atoms with van der Waals surface area (Å²) in [5.41, 5.74) is 7.64. The van der Waals surface area contributed by atoms with Gasteiger partial charge < -0.3 is 14.4 Å². The first kappa shape index (κ1) is 28.8. The third-order valence-corrected chi connectivity index (χ3v) is 6.92. The second-order valence-electron chi connectivity index (χ2n) is 9.81. The number of benzene rings is 3. The number of anilines is 1. The monoisotopic (exact) mass is 607 g/mol. The molecule has 9 nitrogen and oxygen atoms in total. The minimum Gasteiger partial charge on any atom is -0.457 e. The van der Waals surface area contributed by atoms with Crippen LogP contribution in [0, 0.1) is 12.8 Å². The van der Waals surface area contributed by atoms with Crippen molar-refractivity contribution in [3.63, 3.8) is 0 Å². The predicted octanol–water partition coefficient (Wildman–Crippen LogP) is 5.03. The van der Waals surface area contributed by atoms with E-state index in [1.807, 2.05) is 13.0 Å². The summed E-state index contributed by atoms with van der Waals surface area (Å²) in [5, 5.41) is 0. The minimum atomic E-state index is -0.713. The van der Waals surface area contributed by atoms with E-state index in [1.54, 1.807) is 48.5 Å². The van der Waals surface area contributed by atoms with Crippen LogP contribution < -0.4 is 20.5 Å². The van der Waals surface area contributed by atoms with Gasteiger partial charge in [0.05, 0.1) is 5.92 Å². The Kier molecular flexibility index (Phi) is 9.21. The van der Waals surface area contributed by atoms with Gasteiger partial charge in [-0.1, -0.05) is 41.9 Å². The number of ether oxygens (including phenoxy) is 2. The van der Waals surface area contributed by atoms with Crippen molar-refractivity contribution in [2.75, 3.05) is 18.1 Å². The molecule has 0 saturated carbocycles. The number of amides is 3. The number of rotatable bonds is 8. The van der Waals surface area contributed by atoms with Gasteiger partial charge in [0.1, 0.15) is 11.5 Å². The number of esters is 1. The number of hydrogen-bond acceptors (Lipinski definition) is 6. The molecule has 0 unspecified atom stereocenters. The molecule has 3 amide bonds. The van der Waals surface area contributed by atoms with Crippen molar-refractivity contribution in [2.24, 2.45) is 5.92 Å². The Morgan fingerprint density at radius 3 is 2.38 bits per heavy atom. The molecular weight excluding hydrogens is 578 g/mol. The fraction of sp³-hybridized carbons (Fsp3) is 0.267. The number of nitrogens with one attached hydrogen (secondary N) is 2. The van der Waals surface area contributed by atoms with Gasteiger partial charge >= 0.3 is 5.97 Å². The number of carbonyl (C=O) groups excluding carboxylic acids is 4. The average molecular weight is 608 g/mol. The summed E-state index contributed by atoms with van der Waals surface area (Å²) in [5.74, 6) is -1.08. The molecule has 10 heteroatoms. The van der Waals surface area contributed by atoms with Gasteiger partial charge in [-0.2, -0.15) is 0 Å². The van der Waals surface area contributed by atoms with Gasteiger partial charge in [-0.25, -0.2) is 0 Å². The summed E-state index contributed by atoms with van der Waals surface area (Å²) >= 11 is 3.28. The molecule has 0 aliphatic carbocycles. The number of carbonyl (C=O) groups is 4. The maximum absolute atomic E-state index is 12.7. The van der Waals surface area contributed by atoms with Gasteiger partial charge in [-0.3, -0.25) is 30.0 Å². The van der Waals surface area contributed by atoms with E-state index in [1.165, 1.54) is 4.90 Å². The number of hydrazine groups is 1. The second kappa shape index (κ2) is 12.8. The van der Waals surface area contributed by atoms with Gasteiger partial charge in [-0.05, 0) is 78.6 Å². The van der Waals surface area contributed by atoms with Gasteiger partial charge in [-0.15, -0.1) is 0 Å². The van der Waals surface area contributed by atoms with Crippen LogP contribution in [0.2, 0.25) is 0 Å². The third-order valence-electron chi connectivity index (χ3n) is 6.39. The van der Waals surface area contributed by atoms with Crippen molar-refractivity contribution >= 4 is 45.3 Å². The van der Waals surface area contributed by atoms with E-state index < -0.39 is 30.3 Å². The Morgan fingerprint density at radius 1 is 1.00 bits per heavy atom. The molecule has 208 valence electrons. The lowest BCUT2D eigenvalue weighted by atomic mass is 10.0. The number of nitrogens with zero attached hydrogens (tertiary/aromatic N) is 1. The third kappa shape index (κ3) is 7.26. The molecule has 1 aliphatic heterocycles. The molecule has 0 aromatic heterocycles. The highest BCUT2D eigenvalue weighted by Crippen LogP contribution is 2.33. The molecule has 1 fully saturated rings. The summed E-state index contributed by atoms with van der Waals surface area (Å²) in [6.07, 6.45) is -0.0277. The normalized spacial score (nSPS) is 14.7. The van der Waals surface area contributed by atoms with Crippen molar-refractivity contribution in [3.8, 4) is 11.5 Å². The van der Waals surface area contributed by atoms with E-state index in [9.17, 15) is 19.2 Å². The molecule has 3 aromatic rings. The lowest BCUT2D eigenvalue weighted by Crippen LogP contribution is -2.43. The van der Waals surface area contributed by atoms with Gasteiger partial charge in [0.15, 0.2) is 6.61 Å². The molecule has 0 radical (unpaired) electrons. The maximum atomic E-state index is 12.7. The lowest BCUT2D eigenvalue weighted by Gasteiger charge is -2.18. The SMILES string of the molecule is Cc1ccc(C(C)C)c(Oc2ccc(N3C[C@H](C(=O)OCC(=O)NNC(=O)c4ccc(Br)cc4)CC3=O)cc2)c1. The van der Waals surface area contributed by atoms with Gasteiger partial charge in [0.2, 0.25) is 5.91 Å². The number of aryl methyl sites for hydroxylation is 1. The summed E-state index contributed by atoms with van der Waals surface area (Å²) in [7, 11) is 0. The molecule has 40 heavy (non-hydrogen) atoms. The van der Waals surface area contributed by atoms with E-state index in [0.717, 1.165) is 21.3 Å². The van der Waals surface area contributed by atoms with E-state index in [-0.39, 0.29) is 18.9 Å². The fourth-order valence-corrected chi connectivity index (χ4v) is 4.50. The van der Waals surface area contributed by atoms with Crippen molar-refractivity contribution in [2.45, 2.75) is 33.1 Å². The molecule has 2 N–H and O–H groups in total. The van der Waals surface area contributed by atoms with E-state index >= 15 is 0 Å². The van der Waals surface area contributed by atoms with Crippen LogP contribution in [0.25, 0.3) is 0 Å². The van der Waals surface area contributed by atoms with Crippen LogP contribution in [0.3, 0.4) is 0 Å². The van der Waals surface area contributed by atoms with Crippen molar-refractivity contribution in [1.82, 2.24) is 10.9 Å². The van der Waals surface area contributed by atoms with Crippen molar-refractivity contribution < 1.29 is 28.7 Å². The Balaban J connectivity index is 1.27. The Morgan fingerprint density at radius 2 is 1.70 bits per heavy atom. The summed E-state index contributed by atoms with van der Waals surface area (Å²) in [6, 6.07) is 19.8. The standard InChI is InChI=1S/C30H30BrN3O6/c1-18(2)25-13-4-19(3)14-26(25)40-24-11-9-23(10-12-24)34-16-21(15-28(34)36)30(38)39-17-27(35)32-33-29(37)20-5-7-22(31)8-6-20/h4-14,18,21H,15-17H2,1-3H3,(H,32,35)(H,33,37)/t21-/m1/s1. The van der Waals surface area contributed by atoms with Crippen LogP contribution >= 0.6 is 15.9 Å². The molecule has 0 bridgehead atoms. The zero-order valence-electron chi connectivity index (χ0n) is 22.4. The Labute approximate surface area is 240 Å². The number of halogens is 1. The first-order chi connectivity index (χ1) is 19.1. The second-order valence-corrected chi connectivity index (χ2v) is 10.7. The molecule has 4 rings (SSSR count). The predicted molar refractivity (Wildman–Crippen MR) is 153 cm³/mol. The minimum absolute atomic E-state index is 0.0277. The molecule has 1 heterocycles.